The predicted octanol–water partition coefficient (Wildman–Crippen LogP) is 4.51. The standard InChI is InChI=1S/C15H11Cl2FO2S/c1-9(21(20)14-5-3-2-4-13(14)18)15(19)11-7-6-10(16)8-12(11)17/h2-9H,1H3. The first kappa shape index (κ1) is 16.1. The molecule has 21 heavy (non-hydrogen) atoms. The molecule has 2 aromatic rings. The SMILES string of the molecule is CC(C(=O)c1ccc(Cl)cc1Cl)S(=O)c1ccccc1F. The van der Waals surface area contributed by atoms with Crippen LogP contribution in [-0.2, 0) is 10.8 Å². The quantitative estimate of drug-likeness (QED) is 0.764. The largest absolute Gasteiger partial charge is 0.293 e. The lowest BCUT2D eigenvalue weighted by Gasteiger charge is -2.12. The van der Waals surface area contributed by atoms with E-state index in [0.717, 1.165) is 0 Å². The third kappa shape index (κ3) is 3.51. The molecule has 0 aliphatic heterocycles. The molecule has 6 heteroatoms. The molecule has 0 aromatic heterocycles. The van der Waals surface area contributed by atoms with Crippen molar-refractivity contribution in [2.24, 2.45) is 0 Å². The van der Waals surface area contributed by atoms with Crippen LogP contribution in [0.1, 0.15) is 17.3 Å². The van der Waals surface area contributed by atoms with E-state index in [1.54, 1.807) is 6.07 Å². The van der Waals surface area contributed by atoms with Gasteiger partial charge in [0.05, 0.1) is 26.0 Å². The Morgan fingerprint density at radius 2 is 1.86 bits per heavy atom. The van der Waals surface area contributed by atoms with Crippen LogP contribution in [0.4, 0.5) is 4.39 Å². The van der Waals surface area contributed by atoms with Crippen molar-refractivity contribution in [1.82, 2.24) is 0 Å². The van der Waals surface area contributed by atoms with Gasteiger partial charge in [0.2, 0.25) is 0 Å². The van der Waals surface area contributed by atoms with Crippen molar-refractivity contribution in [3.05, 3.63) is 63.9 Å². The van der Waals surface area contributed by atoms with Crippen molar-refractivity contribution in [3.8, 4) is 0 Å². The minimum Gasteiger partial charge on any atom is -0.293 e. The van der Waals surface area contributed by atoms with E-state index in [9.17, 15) is 13.4 Å². The van der Waals surface area contributed by atoms with Crippen LogP contribution in [0.3, 0.4) is 0 Å². The fourth-order valence-electron chi connectivity index (χ4n) is 1.80. The molecule has 0 spiro atoms. The number of carbonyl (C=O) groups excluding carboxylic acids is 1. The number of Topliss-reactive ketones (excluding diaryl/α,β-unsaturated/α-hetero) is 1. The summed E-state index contributed by atoms with van der Waals surface area (Å²) in [6.45, 7) is 1.48. The van der Waals surface area contributed by atoms with Gasteiger partial charge in [-0.2, -0.15) is 0 Å². The highest BCUT2D eigenvalue weighted by molar-refractivity contribution is 7.86. The number of carbonyl (C=O) groups is 1. The van der Waals surface area contributed by atoms with Gasteiger partial charge in [-0.15, -0.1) is 0 Å². The number of ketones is 1. The first-order valence-electron chi connectivity index (χ1n) is 6.06. The van der Waals surface area contributed by atoms with E-state index in [4.69, 9.17) is 23.2 Å². The first-order valence-corrected chi connectivity index (χ1v) is 8.03. The van der Waals surface area contributed by atoms with Gasteiger partial charge < -0.3 is 0 Å². The lowest BCUT2D eigenvalue weighted by Crippen LogP contribution is -2.23. The van der Waals surface area contributed by atoms with Gasteiger partial charge in [-0.25, -0.2) is 4.39 Å². The van der Waals surface area contributed by atoms with Crippen LogP contribution in [0.25, 0.3) is 0 Å². The number of halogens is 3. The Labute approximate surface area is 134 Å². The van der Waals surface area contributed by atoms with Crippen LogP contribution < -0.4 is 0 Å². The Kier molecular flexibility index (Phi) is 5.14. The van der Waals surface area contributed by atoms with E-state index in [0.29, 0.717) is 5.02 Å². The summed E-state index contributed by atoms with van der Waals surface area (Å²) in [6.07, 6.45) is 0. The van der Waals surface area contributed by atoms with Gasteiger partial charge in [0.15, 0.2) is 5.78 Å². The summed E-state index contributed by atoms with van der Waals surface area (Å²) in [5.74, 6) is -1.02. The highest BCUT2D eigenvalue weighted by atomic mass is 35.5. The van der Waals surface area contributed by atoms with E-state index in [2.05, 4.69) is 0 Å². The molecule has 0 aliphatic rings. The summed E-state index contributed by atoms with van der Waals surface area (Å²) in [4.78, 5) is 12.4. The molecule has 0 heterocycles. The Hall–Kier alpha value is -1.23. The average Bonchev–Trinajstić information content (AvgIpc) is 2.45. The van der Waals surface area contributed by atoms with E-state index < -0.39 is 27.6 Å². The summed E-state index contributed by atoms with van der Waals surface area (Å²) >= 11 is 11.7. The molecule has 0 amide bonds. The molecule has 0 saturated heterocycles. The van der Waals surface area contributed by atoms with Crippen LogP contribution in [0, 0.1) is 5.82 Å². The molecule has 0 saturated carbocycles. The smallest absolute Gasteiger partial charge is 0.179 e. The number of rotatable bonds is 4. The molecule has 2 nitrogen and oxygen atoms in total. The zero-order valence-corrected chi connectivity index (χ0v) is 13.3. The van der Waals surface area contributed by atoms with Gasteiger partial charge in [0.1, 0.15) is 5.82 Å². The van der Waals surface area contributed by atoms with Crippen molar-refractivity contribution in [2.75, 3.05) is 0 Å². The monoisotopic (exact) mass is 344 g/mol. The van der Waals surface area contributed by atoms with Crippen LogP contribution in [0.15, 0.2) is 47.4 Å². The summed E-state index contributed by atoms with van der Waals surface area (Å²) < 4.78 is 26.0. The van der Waals surface area contributed by atoms with Gasteiger partial charge in [-0.1, -0.05) is 35.3 Å². The fraction of sp³-hybridized carbons (Fsp3) is 0.133. The van der Waals surface area contributed by atoms with Crippen LogP contribution >= 0.6 is 23.2 Å². The molecule has 2 unspecified atom stereocenters. The second kappa shape index (κ2) is 6.69. The second-order valence-corrected chi connectivity index (χ2v) is 6.94. The Bertz CT molecular complexity index is 719. The predicted molar refractivity (Wildman–Crippen MR) is 83.1 cm³/mol. The molecule has 110 valence electrons. The summed E-state index contributed by atoms with van der Waals surface area (Å²) in [5, 5.41) is -0.329. The van der Waals surface area contributed by atoms with Gasteiger partial charge in [0.25, 0.3) is 0 Å². The average molecular weight is 345 g/mol. The van der Waals surface area contributed by atoms with Crippen molar-refractivity contribution in [2.45, 2.75) is 17.1 Å². The normalized spacial score (nSPS) is 13.7. The molecule has 0 N–H and O–H groups in total. The molecule has 2 atom stereocenters. The van der Waals surface area contributed by atoms with Crippen molar-refractivity contribution >= 4 is 39.8 Å². The summed E-state index contributed by atoms with van der Waals surface area (Å²) in [5.41, 5.74) is 0.221. The molecule has 0 fully saturated rings. The lowest BCUT2D eigenvalue weighted by atomic mass is 10.1. The summed E-state index contributed by atoms with van der Waals surface area (Å²) in [7, 11) is -1.80. The van der Waals surface area contributed by atoms with Crippen molar-refractivity contribution in [1.29, 1.82) is 0 Å². The third-order valence-electron chi connectivity index (χ3n) is 2.94. The summed E-state index contributed by atoms with van der Waals surface area (Å²) in [6, 6.07) is 10.1. The van der Waals surface area contributed by atoms with Gasteiger partial charge in [0, 0.05) is 10.6 Å². The highest BCUT2D eigenvalue weighted by Gasteiger charge is 2.26. The maximum atomic E-state index is 13.7. The van der Waals surface area contributed by atoms with Crippen LogP contribution in [0.5, 0.6) is 0 Å². The second-order valence-electron chi connectivity index (χ2n) is 4.36. The first-order chi connectivity index (χ1) is 9.91. The van der Waals surface area contributed by atoms with E-state index in [-0.39, 0.29) is 15.5 Å². The Balaban J connectivity index is 2.31. The highest BCUT2D eigenvalue weighted by Crippen LogP contribution is 2.25. The molecule has 0 radical (unpaired) electrons. The van der Waals surface area contributed by atoms with Crippen molar-refractivity contribution < 1.29 is 13.4 Å². The maximum Gasteiger partial charge on any atom is 0.179 e. The maximum absolute atomic E-state index is 13.7. The van der Waals surface area contributed by atoms with Crippen molar-refractivity contribution in [3.63, 3.8) is 0 Å². The number of benzene rings is 2. The molecule has 0 bridgehead atoms. The lowest BCUT2D eigenvalue weighted by molar-refractivity contribution is 0.0993. The number of hydrogen-bond donors (Lipinski definition) is 0. The molecular weight excluding hydrogens is 334 g/mol. The van der Waals surface area contributed by atoms with E-state index >= 15 is 0 Å². The van der Waals surface area contributed by atoms with Crippen LogP contribution in [-0.4, -0.2) is 15.2 Å². The molecule has 0 aliphatic carbocycles. The van der Waals surface area contributed by atoms with E-state index in [1.165, 1.54) is 43.3 Å². The topological polar surface area (TPSA) is 34.1 Å². The zero-order valence-electron chi connectivity index (χ0n) is 11.0. The zero-order chi connectivity index (χ0) is 15.6. The minimum atomic E-state index is -1.80. The molecule has 2 aromatic carbocycles. The van der Waals surface area contributed by atoms with E-state index in [1.807, 2.05) is 0 Å². The third-order valence-corrected chi connectivity index (χ3v) is 5.11. The van der Waals surface area contributed by atoms with Gasteiger partial charge in [-0.05, 0) is 37.3 Å². The fourth-order valence-corrected chi connectivity index (χ4v) is 3.48. The molecular formula is C15H11Cl2FO2S. The number of hydrogen-bond acceptors (Lipinski definition) is 2. The van der Waals surface area contributed by atoms with Gasteiger partial charge in [-0.3, -0.25) is 9.00 Å². The Morgan fingerprint density at radius 3 is 2.48 bits per heavy atom. The Morgan fingerprint density at radius 1 is 1.19 bits per heavy atom. The van der Waals surface area contributed by atoms with Gasteiger partial charge >= 0.3 is 0 Å². The van der Waals surface area contributed by atoms with Crippen LogP contribution in [0.2, 0.25) is 10.0 Å². The molecule has 2 rings (SSSR count). The minimum absolute atomic E-state index is 0.00318.